The van der Waals surface area contributed by atoms with Gasteiger partial charge in [0, 0.05) is 11.9 Å². The maximum Gasteiger partial charge on any atom is 0.421 e. The molecule has 1 aromatic heterocycles. The molecule has 0 fully saturated rings. The van der Waals surface area contributed by atoms with Crippen molar-refractivity contribution in [2.75, 3.05) is 17.2 Å². The molecule has 0 radical (unpaired) electrons. The van der Waals surface area contributed by atoms with E-state index < -0.39 is 23.4 Å². The molecule has 0 amide bonds. The van der Waals surface area contributed by atoms with Crippen molar-refractivity contribution in [1.29, 1.82) is 0 Å². The minimum absolute atomic E-state index is 0.0662. The van der Waals surface area contributed by atoms with Gasteiger partial charge in [0.2, 0.25) is 5.95 Å². The van der Waals surface area contributed by atoms with Gasteiger partial charge in [-0.25, -0.2) is 9.37 Å². The number of benzene rings is 2. The van der Waals surface area contributed by atoms with E-state index in [1.807, 2.05) is 0 Å². The van der Waals surface area contributed by atoms with Crippen molar-refractivity contribution in [3.8, 4) is 5.75 Å². The lowest BCUT2D eigenvalue weighted by atomic mass is 10.2. The first-order valence-corrected chi connectivity index (χ1v) is 9.82. The topological polar surface area (TPSA) is 59.1 Å². The second-order valence-electron chi connectivity index (χ2n) is 6.76. The van der Waals surface area contributed by atoms with Crippen LogP contribution in [-0.2, 0) is 6.18 Å². The molecule has 31 heavy (non-hydrogen) atoms. The lowest BCUT2D eigenvalue weighted by Gasteiger charge is -2.15. The molecule has 3 rings (SSSR count). The lowest BCUT2D eigenvalue weighted by Crippen LogP contribution is -2.13. The fourth-order valence-electron chi connectivity index (χ4n) is 2.74. The summed E-state index contributed by atoms with van der Waals surface area (Å²) in [6.45, 7) is 2.73. The van der Waals surface area contributed by atoms with E-state index >= 15 is 0 Å². The highest BCUT2D eigenvalue weighted by Gasteiger charge is 2.35. The van der Waals surface area contributed by atoms with E-state index in [0.29, 0.717) is 24.2 Å². The van der Waals surface area contributed by atoms with E-state index in [0.717, 1.165) is 25.3 Å². The molecule has 0 aliphatic heterocycles. The molecule has 5 nitrogen and oxygen atoms in total. The number of hydrogen-bond donors (Lipinski definition) is 2. The number of nitrogens with zero attached hydrogens (tertiary/aromatic N) is 2. The number of anilines is 4. The predicted octanol–water partition coefficient (Wildman–Crippen LogP) is 6.69. The van der Waals surface area contributed by atoms with Crippen molar-refractivity contribution < 1.29 is 22.3 Å². The Kier molecular flexibility index (Phi) is 7.28. The average Bonchev–Trinajstić information content (AvgIpc) is 2.73. The summed E-state index contributed by atoms with van der Waals surface area (Å²) in [6, 6.07) is 12.3. The molecule has 0 spiro atoms. The van der Waals surface area contributed by atoms with Gasteiger partial charge in [-0.2, -0.15) is 18.2 Å². The summed E-state index contributed by atoms with van der Waals surface area (Å²) < 4.78 is 59.6. The second-order valence-corrected chi connectivity index (χ2v) is 6.76. The first-order chi connectivity index (χ1) is 14.9. The monoisotopic (exact) mass is 434 g/mol. The molecule has 0 saturated carbocycles. The maximum atomic E-state index is 13.9. The van der Waals surface area contributed by atoms with E-state index in [-0.39, 0.29) is 11.6 Å². The summed E-state index contributed by atoms with van der Waals surface area (Å²) in [6.07, 6.45) is -0.887. The van der Waals surface area contributed by atoms with Gasteiger partial charge in [0.05, 0.1) is 12.3 Å². The van der Waals surface area contributed by atoms with Crippen molar-refractivity contribution in [2.45, 2.75) is 32.4 Å². The van der Waals surface area contributed by atoms with Gasteiger partial charge >= 0.3 is 6.18 Å². The number of para-hydroxylation sites is 1. The Labute approximate surface area is 177 Å². The first kappa shape index (κ1) is 22.3. The van der Waals surface area contributed by atoms with Gasteiger partial charge in [-0.05, 0) is 42.8 Å². The van der Waals surface area contributed by atoms with Crippen molar-refractivity contribution in [3.63, 3.8) is 0 Å². The van der Waals surface area contributed by atoms with E-state index in [2.05, 4.69) is 27.5 Å². The smallest absolute Gasteiger partial charge is 0.421 e. The highest BCUT2D eigenvalue weighted by molar-refractivity contribution is 5.63. The third kappa shape index (κ3) is 6.31. The third-order valence-corrected chi connectivity index (χ3v) is 4.35. The summed E-state index contributed by atoms with van der Waals surface area (Å²) >= 11 is 0. The van der Waals surface area contributed by atoms with Gasteiger partial charge in [0.1, 0.15) is 22.9 Å². The molecule has 164 valence electrons. The molecule has 0 unspecified atom stereocenters. The van der Waals surface area contributed by atoms with E-state index in [1.165, 1.54) is 18.2 Å². The maximum absolute atomic E-state index is 13.9. The molecule has 0 atom stereocenters. The summed E-state index contributed by atoms with van der Waals surface area (Å²) in [5, 5.41) is 5.26. The standard InChI is InChI=1S/C22H22F4N4O/c1-2-3-6-13-31-16-11-9-15(10-12-16)28-21-27-14-17(22(24,25)26)20(30-21)29-19-8-5-4-7-18(19)23/h4-5,7-12,14H,2-3,6,13H2,1H3,(H2,27,28,29,30). The zero-order valence-corrected chi connectivity index (χ0v) is 16.8. The highest BCUT2D eigenvalue weighted by atomic mass is 19.4. The normalized spacial score (nSPS) is 11.3. The molecular weight excluding hydrogens is 412 g/mol. The van der Waals surface area contributed by atoms with Crippen LogP contribution in [0.1, 0.15) is 31.7 Å². The van der Waals surface area contributed by atoms with Crippen LogP contribution in [0.15, 0.2) is 54.7 Å². The minimum Gasteiger partial charge on any atom is -0.494 e. The Balaban J connectivity index is 1.77. The van der Waals surface area contributed by atoms with Crippen LogP contribution < -0.4 is 15.4 Å². The van der Waals surface area contributed by atoms with Crippen molar-refractivity contribution in [2.24, 2.45) is 0 Å². The number of halogens is 4. The second kappa shape index (κ2) is 10.1. The lowest BCUT2D eigenvalue weighted by molar-refractivity contribution is -0.137. The van der Waals surface area contributed by atoms with Gasteiger partial charge < -0.3 is 15.4 Å². The number of unbranched alkanes of at least 4 members (excludes halogenated alkanes) is 2. The summed E-state index contributed by atoms with van der Waals surface area (Å²) in [4.78, 5) is 7.66. The van der Waals surface area contributed by atoms with Crippen molar-refractivity contribution >= 4 is 23.1 Å². The van der Waals surface area contributed by atoms with E-state index in [1.54, 1.807) is 24.3 Å². The van der Waals surface area contributed by atoms with Gasteiger partial charge in [0.25, 0.3) is 0 Å². The Morgan fingerprint density at radius 3 is 2.39 bits per heavy atom. The van der Waals surface area contributed by atoms with E-state index in [9.17, 15) is 17.6 Å². The molecular formula is C22H22F4N4O. The molecule has 1 heterocycles. The number of ether oxygens (including phenoxy) is 1. The largest absolute Gasteiger partial charge is 0.494 e. The molecule has 2 aromatic carbocycles. The van der Waals surface area contributed by atoms with Crippen molar-refractivity contribution in [1.82, 2.24) is 9.97 Å². The predicted molar refractivity (Wildman–Crippen MR) is 111 cm³/mol. The fourth-order valence-corrected chi connectivity index (χ4v) is 2.74. The molecule has 0 aliphatic rings. The Morgan fingerprint density at radius 2 is 1.71 bits per heavy atom. The zero-order valence-electron chi connectivity index (χ0n) is 16.8. The van der Waals surface area contributed by atoms with Gasteiger partial charge in [-0.15, -0.1) is 0 Å². The molecule has 2 N–H and O–H groups in total. The van der Waals surface area contributed by atoms with Crippen LogP contribution in [0.5, 0.6) is 5.75 Å². The molecule has 0 aliphatic carbocycles. The Morgan fingerprint density at radius 1 is 0.968 bits per heavy atom. The number of hydrogen-bond acceptors (Lipinski definition) is 5. The minimum atomic E-state index is -4.71. The molecule has 0 bridgehead atoms. The number of alkyl halides is 3. The number of nitrogens with one attached hydrogen (secondary N) is 2. The van der Waals surface area contributed by atoms with Gasteiger partial charge in [0.15, 0.2) is 0 Å². The summed E-state index contributed by atoms with van der Waals surface area (Å²) in [5.41, 5.74) is -0.656. The van der Waals surface area contributed by atoms with Crippen LogP contribution in [0.25, 0.3) is 0 Å². The highest BCUT2D eigenvalue weighted by Crippen LogP contribution is 2.35. The fraction of sp³-hybridized carbons (Fsp3) is 0.273. The SMILES string of the molecule is CCCCCOc1ccc(Nc2ncc(C(F)(F)F)c(Nc3ccccc3F)n2)cc1. The first-order valence-electron chi connectivity index (χ1n) is 9.82. The molecule has 9 heteroatoms. The van der Waals surface area contributed by atoms with Crippen molar-refractivity contribution in [3.05, 3.63) is 66.1 Å². The van der Waals surface area contributed by atoms with Crippen LogP contribution in [0.4, 0.5) is 40.7 Å². The van der Waals surface area contributed by atoms with Crippen LogP contribution in [-0.4, -0.2) is 16.6 Å². The molecule has 0 saturated heterocycles. The van der Waals surface area contributed by atoms with Crippen LogP contribution in [0, 0.1) is 5.82 Å². The Bertz CT molecular complexity index is 994. The number of aromatic nitrogens is 2. The quantitative estimate of drug-likeness (QED) is 0.290. The summed E-state index contributed by atoms with van der Waals surface area (Å²) in [5.74, 6) is -0.621. The van der Waals surface area contributed by atoms with Crippen LogP contribution in [0.2, 0.25) is 0 Å². The summed E-state index contributed by atoms with van der Waals surface area (Å²) in [7, 11) is 0. The average molecular weight is 434 g/mol. The zero-order chi connectivity index (χ0) is 22.3. The van der Waals surface area contributed by atoms with E-state index in [4.69, 9.17) is 4.74 Å². The number of rotatable bonds is 9. The van der Waals surface area contributed by atoms with Gasteiger partial charge in [-0.1, -0.05) is 31.9 Å². The molecule has 3 aromatic rings. The van der Waals surface area contributed by atoms with Crippen LogP contribution >= 0.6 is 0 Å². The van der Waals surface area contributed by atoms with Crippen LogP contribution in [0.3, 0.4) is 0 Å². The van der Waals surface area contributed by atoms with Gasteiger partial charge in [-0.3, -0.25) is 0 Å². The Hall–Kier alpha value is -3.36. The third-order valence-electron chi connectivity index (χ3n) is 4.35.